The lowest BCUT2D eigenvalue weighted by Gasteiger charge is -2.14. The molecular formula is C18H12ClF2N3OS. The largest absolute Gasteiger partial charge is 0.268 e. The molecule has 3 rings (SSSR count). The maximum absolute atomic E-state index is 14.3. The maximum atomic E-state index is 14.3. The first-order valence-corrected chi connectivity index (χ1v) is 9.05. The molecule has 0 unspecified atom stereocenters. The normalized spacial score (nSPS) is 10.8. The number of unbranched alkanes of at least 4 members (excludes halogenated alkanes) is 1. The molecule has 0 N–H and O–H groups in total. The number of nitriles is 1. The van der Waals surface area contributed by atoms with Gasteiger partial charge in [0.05, 0.1) is 22.7 Å². The van der Waals surface area contributed by atoms with E-state index in [1.54, 1.807) is 12.1 Å². The number of benzene rings is 2. The first-order valence-electron chi connectivity index (χ1n) is 7.69. The molecule has 4 nitrogen and oxygen atoms in total. The van der Waals surface area contributed by atoms with Crippen molar-refractivity contribution in [3.05, 3.63) is 63.4 Å². The lowest BCUT2D eigenvalue weighted by molar-refractivity contribution is 0.572. The molecule has 1 heterocycles. The summed E-state index contributed by atoms with van der Waals surface area (Å²) in [6.45, 7) is 0. The molecule has 0 bridgehead atoms. The summed E-state index contributed by atoms with van der Waals surface area (Å²) in [7, 11) is 0. The fraction of sp³-hybridized carbons (Fsp3) is 0.167. The average Bonchev–Trinajstić information content (AvgIpc) is 2.61. The van der Waals surface area contributed by atoms with Crippen LogP contribution < -0.4 is 5.56 Å². The first-order chi connectivity index (χ1) is 12.5. The zero-order chi connectivity index (χ0) is 18.7. The van der Waals surface area contributed by atoms with Crippen molar-refractivity contribution in [2.75, 3.05) is 5.75 Å². The van der Waals surface area contributed by atoms with Crippen molar-refractivity contribution >= 4 is 34.3 Å². The van der Waals surface area contributed by atoms with E-state index in [4.69, 9.17) is 16.9 Å². The number of hydrogen-bond acceptors (Lipinski definition) is 4. The molecule has 8 heteroatoms. The molecule has 0 aliphatic carbocycles. The molecule has 3 aromatic rings. The van der Waals surface area contributed by atoms with E-state index in [2.05, 4.69) is 4.98 Å². The highest BCUT2D eigenvalue weighted by Crippen LogP contribution is 2.25. The standard InChI is InChI=1S/C18H12ClF2N3OS/c19-11-3-5-15-13(9-11)17(25)24(16-6-4-12(20)10-14(16)21)18(23-15)26-8-2-1-7-22/h3-6,9-10H,1-2,8H2. The third-order valence-electron chi connectivity index (χ3n) is 3.61. The summed E-state index contributed by atoms with van der Waals surface area (Å²) in [6, 6.07) is 9.73. The van der Waals surface area contributed by atoms with Crippen molar-refractivity contribution in [2.24, 2.45) is 0 Å². The summed E-state index contributed by atoms with van der Waals surface area (Å²) in [4.78, 5) is 17.4. The quantitative estimate of drug-likeness (QED) is 0.359. The van der Waals surface area contributed by atoms with Crippen LogP contribution in [0, 0.1) is 23.0 Å². The number of fused-ring (bicyclic) bond motifs is 1. The fourth-order valence-corrected chi connectivity index (χ4v) is 3.54. The highest BCUT2D eigenvalue weighted by atomic mass is 35.5. The third-order valence-corrected chi connectivity index (χ3v) is 4.87. The molecule has 0 fully saturated rings. The van der Waals surface area contributed by atoms with Gasteiger partial charge in [0.1, 0.15) is 11.6 Å². The highest BCUT2D eigenvalue weighted by molar-refractivity contribution is 7.99. The number of thioether (sulfide) groups is 1. The molecule has 0 spiro atoms. The summed E-state index contributed by atoms with van der Waals surface area (Å²) >= 11 is 7.20. The Balaban J connectivity index is 2.21. The Hall–Kier alpha value is -2.43. The topological polar surface area (TPSA) is 58.7 Å². The van der Waals surface area contributed by atoms with E-state index in [1.807, 2.05) is 6.07 Å². The van der Waals surface area contributed by atoms with Crippen LogP contribution in [-0.2, 0) is 0 Å². The van der Waals surface area contributed by atoms with Gasteiger partial charge in [-0.05, 0) is 36.8 Å². The van der Waals surface area contributed by atoms with E-state index in [1.165, 1.54) is 23.9 Å². The van der Waals surface area contributed by atoms with Gasteiger partial charge in [-0.1, -0.05) is 23.4 Å². The molecule has 0 aliphatic heterocycles. The van der Waals surface area contributed by atoms with Gasteiger partial charge in [0.25, 0.3) is 5.56 Å². The zero-order valence-electron chi connectivity index (χ0n) is 13.4. The van der Waals surface area contributed by atoms with Crippen LogP contribution in [0.4, 0.5) is 8.78 Å². The summed E-state index contributed by atoms with van der Waals surface area (Å²) in [5.41, 5.74) is -0.152. The van der Waals surface area contributed by atoms with Crippen molar-refractivity contribution in [1.82, 2.24) is 9.55 Å². The molecule has 0 aliphatic rings. The van der Waals surface area contributed by atoms with Crippen LogP contribution in [0.1, 0.15) is 12.8 Å². The third kappa shape index (κ3) is 3.71. The average molecular weight is 392 g/mol. The number of halogens is 3. The van der Waals surface area contributed by atoms with E-state index >= 15 is 0 Å². The Bertz CT molecular complexity index is 1080. The van der Waals surface area contributed by atoms with Gasteiger partial charge in [0, 0.05) is 23.3 Å². The van der Waals surface area contributed by atoms with E-state index in [0.717, 1.165) is 10.6 Å². The SMILES string of the molecule is N#CCCCSc1nc2ccc(Cl)cc2c(=O)n1-c1ccc(F)cc1F. The Morgan fingerprint density at radius 2 is 2.04 bits per heavy atom. The monoisotopic (exact) mass is 391 g/mol. The number of nitrogens with zero attached hydrogens (tertiary/aromatic N) is 3. The molecular weight excluding hydrogens is 380 g/mol. The van der Waals surface area contributed by atoms with Gasteiger partial charge in [0.2, 0.25) is 0 Å². The molecule has 2 aromatic carbocycles. The Morgan fingerprint density at radius 3 is 2.77 bits per heavy atom. The zero-order valence-corrected chi connectivity index (χ0v) is 14.9. The van der Waals surface area contributed by atoms with E-state index < -0.39 is 17.2 Å². The second-order valence-electron chi connectivity index (χ2n) is 5.40. The van der Waals surface area contributed by atoms with Crippen LogP contribution in [0.5, 0.6) is 0 Å². The van der Waals surface area contributed by atoms with Gasteiger partial charge in [-0.25, -0.2) is 13.8 Å². The number of rotatable bonds is 5. The summed E-state index contributed by atoms with van der Waals surface area (Å²) < 4.78 is 28.7. The second-order valence-corrected chi connectivity index (χ2v) is 6.90. The Labute approximate surface area is 157 Å². The number of hydrogen-bond donors (Lipinski definition) is 0. The van der Waals surface area contributed by atoms with Crippen LogP contribution in [-0.4, -0.2) is 15.3 Å². The lowest BCUT2D eigenvalue weighted by Crippen LogP contribution is -2.23. The van der Waals surface area contributed by atoms with Crippen LogP contribution in [0.25, 0.3) is 16.6 Å². The van der Waals surface area contributed by atoms with Crippen LogP contribution >= 0.6 is 23.4 Å². The molecule has 0 radical (unpaired) electrons. The van der Waals surface area contributed by atoms with Crippen LogP contribution in [0.15, 0.2) is 46.3 Å². The van der Waals surface area contributed by atoms with Gasteiger partial charge >= 0.3 is 0 Å². The minimum Gasteiger partial charge on any atom is -0.268 e. The Kier molecular flexibility index (Phi) is 5.55. The lowest BCUT2D eigenvalue weighted by atomic mass is 10.2. The van der Waals surface area contributed by atoms with Crippen molar-refractivity contribution in [3.8, 4) is 11.8 Å². The van der Waals surface area contributed by atoms with Gasteiger partial charge < -0.3 is 0 Å². The molecule has 0 atom stereocenters. The fourth-order valence-electron chi connectivity index (χ4n) is 2.42. The minimum atomic E-state index is -0.867. The molecule has 0 saturated carbocycles. The van der Waals surface area contributed by atoms with Gasteiger partial charge in [-0.2, -0.15) is 5.26 Å². The maximum Gasteiger partial charge on any atom is 0.266 e. The van der Waals surface area contributed by atoms with Crippen molar-refractivity contribution < 1.29 is 8.78 Å². The predicted molar refractivity (Wildman–Crippen MR) is 97.8 cm³/mol. The second kappa shape index (κ2) is 7.85. The predicted octanol–water partition coefficient (Wildman–Crippen LogP) is 4.71. The summed E-state index contributed by atoms with van der Waals surface area (Å²) in [5.74, 6) is -1.07. The van der Waals surface area contributed by atoms with Crippen molar-refractivity contribution in [1.29, 1.82) is 5.26 Å². The smallest absolute Gasteiger partial charge is 0.266 e. The minimum absolute atomic E-state index is 0.0893. The molecule has 1 aromatic heterocycles. The van der Waals surface area contributed by atoms with E-state index in [-0.39, 0.29) is 16.2 Å². The van der Waals surface area contributed by atoms with Crippen molar-refractivity contribution in [2.45, 2.75) is 18.0 Å². The first kappa shape index (κ1) is 18.4. The van der Waals surface area contributed by atoms with E-state index in [9.17, 15) is 13.6 Å². The van der Waals surface area contributed by atoms with Gasteiger partial charge in [-0.15, -0.1) is 0 Å². The Morgan fingerprint density at radius 1 is 1.23 bits per heavy atom. The van der Waals surface area contributed by atoms with Gasteiger partial charge in [-0.3, -0.25) is 9.36 Å². The molecule has 26 heavy (non-hydrogen) atoms. The molecule has 132 valence electrons. The van der Waals surface area contributed by atoms with Gasteiger partial charge in [0.15, 0.2) is 5.16 Å². The highest BCUT2D eigenvalue weighted by Gasteiger charge is 2.17. The van der Waals surface area contributed by atoms with E-state index in [0.29, 0.717) is 35.2 Å². The number of aromatic nitrogens is 2. The molecule has 0 saturated heterocycles. The van der Waals surface area contributed by atoms with Crippen LogP contribution in [0.3, 0.4) is 0 Å². The van der Waals surface area contributed by atoms with Crippen molar-refractivity contribution in [3.63, 3.8) is 0 Å². The summed E-state index contributed by atoms with van der Waals surface area (Å²) in [5, 5.41) is 9.51. The van der Waals surface area contributed by atoms with Crippen LogP contribution in [0.2, 0.25) is 5.02 Å². The summed E-state index contributed by atoms with van der Waals surface area (Å²) in [6.07, 6.45) is 0.965. The molecule has 0 amide bonds.